The van der Waals surface area contributed by atoms with Crippen LogP contribution in [0.1, 0.15) is 51.5 Å². The van der Waals surface area contributed by atoms with E-state index in [1.54, 1.807) is 19.1 Å². The van der Waals surface area contributed by atoms with Crippen molar-refractivity contribution in [2.75, 3.05) is 0 Å². The topological polar surface area (TPSA) is 73.6 Å². The van der Waals surface area contributed by atoms with Crippen LogP contribution in [0.25, 0.3) is 0 Å². The van der Waals surface area contributed by atoms with E-state index in [0.29, 0.717) is 11.1 Å². The van der Waals surface area contributed by atoms with Gasteiger partial charge in [0.1, 0.15) is 11.3 Å². The number of benzene rings is 1. The van der Waals surface area contributed by atoms with E-state index in [-0.39, 0.29) is 17.1 Å². The largest absolute Gasteiger partial charge is 0.451 e. The Hall–Kier alpha value is -2.69. The third kappa shape index (κ3) is 3.79. The van der Waals surface area contributed by atoms with Gasteiger partial charge >= 0.3 is 11.6 Å². The lowest BCUT2D eigenvalue weighted by molar-refractivity contribution is 0.0314. The second-order valence-corrected chi connectivity index (χ2v) is 5.64. The molecule has 1 heterocycles. The Labute approximate surface area is 140 Å². The number of Topliss-reactive ketones (excluding diaryl/α,β-unsaturated/α-hetero) is 1. The van der Waals surface area contributed by atoms with Gasteiger partial charge in [0.15, 0.2) is 6.10 Å². The van der Waals surface area contributed by atoms with Gasteiger partial charge in [-0.2, -0.15) is 0 Å². The van der Waals surface area contributed by atoms with E-state index >= 15 is 0 Å². The average Bonchev–Trinajstić information content (AvgIpc) is 2.53. The highest BCUT2D eigenvalue weighted by molar-refractivity contribution is 6.01. The quantitative estimate of drug-likeness (QED) is 0.622. The van der Waals surface area contributed by atoms with Crippen LogP contribution in [0.15, 0.2) is 39.5 Å². The van der Waals surface area contributed by atoms with Crippen molar-refractivity contribution < 1.29 is 18.7 Å². The van der Waals surface area contributed by atoms with Crippen molar-refractivity contribution in [1.29, 1.82) is 0 Å². The Bertz CT molecular complexity index is 788. The van der Waals surface area contributed by atoms with E-state index in [9.17, 15) is 14.4 Å². The molecular weight excluding hydrogens is 308 g/mol. The van der Waals surface area contributed by atoms with Crippen molar-refractivity contribution in [2.45, 2.75) is 40.2 Å². The number of ether oxygens (including phenoxy) is 1. The number of hydrogen-bond acceptors (Lipinski definition) is 5. The van der Waals surface area contributed by atoms with Gasteiger partial charge in [0.05, 0.1) is 0 Å². The third-order valence-corrected chi connectivity index (χ3v) is 3.84. The van der Waals surface area contributed by atoms with E-state index in [1.807, 2.05) is 19.1 Å². The van der Waals surface area contributed by atoms with Crippen molar-refractivity contribution >= 4 is 11.8 Å². The molecule has 0 aliphatic heterocycles. The van der Waals surface area contributed by atoms with Crippen LogP contribution in [-0.2, 0) is 11.2 Å². The maximum Gasteiger partial charge on any atom is 0.342 e. The summed E-state index contributed by atoms with van der Waals surface area (Å²) in [7, 11) is 0. The number of ketones is 1. The van der Waals surface area contributed by atoms with Gasteiger partial charge in [-0.3, -0.25) is 4.79 Å². The summed E-state index contributed by atoms with van der Waals surface area (Å²) in [6.07, 6.45) is -0.0488. The van der Waals surface area contributed by atoms with E-state index in [1.165, 1.54) is 19.9 Å². The Balaban J connectivity index is 2.16. The zero-order valence-electron chi connectivity index (χ0n) is 14.2. The molecule has 24 heavy (non-hydrogen) atoms. The number of carbonyl (C=O) groups excluding carboxylic acids is 2. The van der Waals surface area contributed by atoms with Gasteiger partial charge < -0.3 is 9.15 Å². The molecule has 0 bridgehead atoms. The van der Waals surface area contributed by atoms with Gasteiger partial charge in [-0.15, -0.1) is 0 Å². The maximum atomic E-state index is 12.4. The van der Waals surface area contributed by atoms with Crippen LogP contribution in [0, 0.1) is 13.8 Å². The van der Waals surface area contributed by atoms with E-state index in [0.717, 1.165) is 12.0 Å². The first-order valence-electron chi connectivity index (χ1n) is 7.79. The van der Waals surface area contributed by atoms with Crippen molar-refractivity contribution in [2.24, 2.45) is 0 Å². The molecule has 0 aliphatic carbocycles. The van der Waals surface area contributed by atoms with Crippen LogP contribution < -0.4 is 5.63 Å². The molecule has 1 aromatic carbocycles. The fraction of sp³-hybridized carbons (Fsp3) is 0.316. The number of esters is 1. The van der Waals surface area contributed by atoms with Crippen LogP contribution in [0.5, 0.6) is 0 Å². The van der Waals surface area contributed by atoms with Crippen molar-refractivity contribution in [3.05, 3.63) is 68.8 Å². The Kier molecular flexibility index (Phi) is 5.34. The van der Waals surface area contributed by atoms with Gasteiger partial charge in [-0.1, -0.05) is 31.2 Å². The second-order valence-electron chi connectivity index (χ2n) is 5.64. The number of carbonyl (C=O) groups is 2. The van der Waals surface area contributed by atoms with Crippen LogP contribution in [0.2, 0.25) is 0 Å². The standard InChI is InChI=1S/C19H20O5/c1-5-14-6-8-15(9-7-14)18(21)13(4)24-19(22)17-11(2)10-16(20)23-12(17)3/h6-10,13H,5H2,1-4H3. The SMILES string of the molecule is CCc1ccc(C(=O)C(C)OC(=O)c2c(C)cc(=O)oc2C)cc1. The van der Waals surface area contributed by atoms with Crippen molar-refractivity contribution in [3.63, 3.8) is 0 Å². The highest BCUT2D eigenvalue weighted by Gasteiger charge is 2.23. The molecule has 1 aromatic heterocycles. The lowest BCUT2D eigenvalue weighted by Crippen LogP contribution is -2.25. The molecule has 5 heteroatoms. The zero-order chi connectivity index (χ0) is 17.9. The summed E-state index contributed by atoms with van der Waals surface area (Å²) in [5, 5.41) is 0. The molecular formula is C19H20O5. The van der Waals surface area contributed by atoms with Gasteiger partial charge in [0.25, 0.3) is 0 Å². The monoisotopic (exact) mass is 328 g/mol. The van der Waals surface area contributed by atoms with Gasteiger partial charge in [0, 0.05) is 11.6 Å². The average molecular weight is 328 g/mol. The Morgan fingerprint density at radius 2 is 1.79 bits per heavy atom. The molecule has 1 unspecified atom stereocenters. The zero-order valence-corrected chi connectivity index (χ0v) is 14.2. The molecule has 2 rings (SSSR count). The Morgan fingerprint density at radius 1 is 1.17 bits per heavy atom. The summed E-state index contributed by atoms with van der Waals surface area (Å²) in [6, 6.07) is 8.43. The predicted molar refractivity (Wildman–Crippen MR) is 89.5 cm³/mol. The third-order valence-electron chi connectivity index (χ3n) is 3.84. The molecule has 0 saturated carbocycles. The summed E-state index contributed by atoms with van der Waals surface area (Å²) < 4.78 is 10.2. The molecule has 0 radical (unpaired) electrons. The van der Waals surface area contributed by atoms with E-state index in [4.69, 9.17) is 9.15 Å². The van der Waals surface area contributed by atoms with Gasteiger partial charge in [0.2, 0.25) is 5.78 Å². The van der Waals surface area contributed by atoms with Crippen LogP contribution in [0.3, 0.4) is 0 Å². The minimum absolute atomic E-state index is 0.176. The smallest absolute Gasteiger partial charge is 0.342 e. The minimum Gasteiger partial charge on any atom is -0.451 e. The Morgan fingerprint density at radius 3 is 2.33 bits per heavy atom. The van der Waals surface area contributed by atoms with Crippen molar-refractivity contribution in [1.82, 2.24) is 0 Å². The lowest BCUT2D eigenvalue weighted by Gasteiger charge is -2.14. The summed E-state index contributed by atoms with van der Waals surface area (Å²) in [4.78, 5) is 36.0. The lowest BCUT2D eigenvalue weighted by atomic mass is 10.0. The summed E-state index contributed by atoms with van der Waals surface area (Å²) >= 11 is 0. The minimum atomic E-state index is -0.935. The molecule has 126 valence electrons. The highest BCUT2D eigenvalue weighted by Crippen LogP contribution is 2.15. The fourth-order valence-corrected chi connectivity index (χ4v) is 2.48. The first-order valence-corrected chi connectivity index (χ1v) is 7.79. The van der Waals surface area contributed by atoms with E-state index < -0.39 is 17.7 Å². The molecule has 0 fully saturated rings. The normalized spacial score (nSPS) is 11.8. The molecule has 0 aliphatic rings. The predicted octanol–water partition coefficient (Wildman–Crippen LogP) is 3.25. The molecule has 0 amide bonds. The van der Waals surface area contributed by atoms with Gasteiger partial charge in [-0.25, -0.2) is 9.59 Å². The first kappa shape index (κ1) is 17.7. The van der Waals surface area contributed by atoms with E-state index in [2.05, 4.69) is 0 Å². The number of rotatable bonds is 5. The molecule has 5 nitrogen and oxygen atoms in total. The van der Waals surface area contributed by atoms with Crippen LogP contribution in [0.4, 0.5) is 0 Å². The van der Waals surface area contributed by atoms with Gasteiger partial charge in [-0.05, 0) is 38.3 Å². The molecule has 0 saturated heterocycles. The summed E-state index contributed by atoms with van der Waals surface area (Å²) in [5.41, 5.74) is 1.72. The number of hydrogen-bond donors (Lipinski definition) is 0. The maximum absolute atomic E-state index is 12.4. The number of aryl methyl sites for hydroxylation is 3. The molecule has 0 N–H and O–H groups in total. The highest BCUT2D eigenvalue weighted by atomic mass is 16.5. The fourth-order valence-electron chi connectivity index (χ4n) is 2.48. The van der Waals surface area contributed by atoms with Crippen molar-refractivity contribution in [3.8, 4) is 0 Å². The van der Waals surface area contributed by atoms with Crippen LogP contribution in [-0.4, -0.2) is 17.9 Å². The molecule has 1 atom stereocenters. The summed E-state index contributed by atoms with van der Waals surface area (Å²) in [6.45, 7) is 6.69. The molecule has 0 spiro atoms. The summed E-state index contributed by atoms with van der Waals surface area (Å²) in [5.74, 6) is -0.782. The second kappa shape index (κ2) is 7.25. The van der Waals surface area contributed by atoms with Crippen LogP contribution >= 0.6 is 0 Å². The first-order chi connectivity index (χ1) is 11.3. The molecule has 2 aromatic rings.